The average molecular weight is 251 g/mol. The molecule has 0 fully saturated rings. The topological polar surface area (TPSA) is 39.7 Å². The zero-order chi connectivity index (χ0) is 13.0. The van der Waals surface area contributed by atoms with Crippen LogP contribution in [0, 0.1) is 0 Å². The van der Waals surface area contributed by atoms with Gasteiger partial charge in [0.25, 0.3) is 0 Å². The van der Waals surface area contributed by atoms with Gasteiger partial charge >= 0.3 is 0 Å². The van der Waals surface area contributed by atoms with E-state index in [9.17, 15) is 0 Å². The van der Waals surface area contributed by atoms with Gasteiger partial charge in [-0.3, -0.25) is 0 Å². The zero-order valence-corrected chi connectivity index (χ0v) is 11.3. The van der Waals surface area contributed by atoms with Gasteiger partial charge in [0, 0.05) is 12.6 Å². The summed E-state index contributed by atoms with van der Waals surface area (Å²) in [6.07, 6.45) is 1.11. The van der Waals surface area contributed by atoms with Crippen molar-refractivity contribution in [2.45, 2.75) is 32.9 Å². The summed E-state index contributed by atoms with van der Waals surface area (Å²) >= 11 is 0. The highest BCUT2D eigenvalue weighted by Crippen LogP contribution is 2.40. The molecular formula is C14H21NO3. The van der Waals surface area contributed by atoms with E-state index in [-0.39, 0.29) is 0 Å². The fourth-order valence-electron chi connectivity index (χ4n) is 1.87. The normalized spacial score (nSPS) is 15.3. The quantitative estimate of drug-likeness (QED) is 0.872. The molecule has 1 N–H and O–H groups in total. The van der Waals surface area contributed by atoms with Crippen LogP contribution < -0.4 is 19.5 Å². The fourth-order valence-corrected chi connectivity index (χ4v) is 1.87. The van der Waals surface area contributed by atoms with Gasteiger partial charge in [0.15, 0.2) is 11.5 Å². The Bertz CT molecular complexity index is 389. The van der Waals surface area contributed by atoms with Gasteiger partial charge in [-0.1, -0.05) is 6.92 Å². The van der Waals surface area contributed by atoms with Crippen molar-refractivity contribution in [1.29, 1.82) is 0 Å². The van der Waals surface area contributed by atoms with Gasteiger partial charge in [-0.05, 0) is 31.0 Å². The van der Waals surface area contributed by atoms with Crippen molar-refractivity contribution in [3.63, 3.8) is 0 Å². The van der Waals surface area contributed by atoms with Crippen LogP contribution >= 0.6 is 0 Å². The minimum atomic E-state index is 0.504. The minimum Gasteiger partial charge on any atom is -0.493 e. The Kier molecular flexibility index (Phi) is 4.31. The molecule has 0 radical (unpaired) electrons. The van der Waals surface area contributed by atoms with Crippen LogP contribution in [0.3, 0.4) is 0 Å². The maximum absolute atomic E-state index is 5.61. The first-order valence-electron chi connectivity index (χ1n) is 6.44. The van der Waals surface area contributed by atoms with Crippen LogP contribution in [0.2, 0.25) is 0 Å². The zero-order valence-electron chi connectivity index (χ0n) is 11.3. The number of nitrogens with one attached hydrogen (secondary N) is 1. The van der Waals surface area contributed by atoms with Crippen LogP contribution in [0.4, 0.5) is 0 Å². The first-order chi connectivity index (χ1) is 8.74. The third-order valence-electron chi connectivity index (χ3n) is 3.15. The Morgan fingerprint density at radius 3 is 2.83 bits per heavy atom. The lowest BCUT2D eigenvalue weighted by atomic mass is 10.1. The van der Waals surface area contributed by atoms with Crippen LogP contribution in [0.1, 0.15) is 25.8 Å². The predicted octanol–water partition coefficient (Wildman–Crippen LogP) is 2.35. The Morgan fingerprint density at radius 2 is 2.11 bits per heavy atom. The molecule has 0 aliphatic carbocycles. The van der Waals surface area contributed by atoms with Crippen LogP contribution in [0.15, 0.2) is 12.1 Å². The van der Waals surface area contributed by atoms with Crippen molar-refractivity contribution in [2.24, 2.45) is 0 Å². The van der Waals surface area contributed by atoms with E-state index in [0.29, 0.717) is 19.3 Å². The SMILES string of the molecule is CCC(C)NCc1cc(OC)c2c(c1)OCCO2. The fraction of sp³-hybridized carbons (Fsp3) is 0.571. The molecule has 1 aromatic carbocycles. The molecule has 4 heteroatoms. The van der Waals surface area contributed by atoms with Crippen LogP contribution in [0.5, 0.6) is 17.2 Å². The number of rotatable bonds is 5. The van der Waals surface area contributed by atoms with Crippen LogP contribution in [-0.2, 0) is 6.54 Å². The molecule has 0 saturated heterocycles. The number of fused-ring (bicyclic) bond motifs is 1. The highest BCUT2D eigenvalue weighted by Gasteiger charge is 2.18. The Balaban J connectivity index is 2.16. The second-order valence-electron chi connectivity index (χ2n) is 4.51. The lowest BCUT2D eigenvalue weighted by Crippen LogP contribution is -2.24. The molecule has 1 atom stereocenters. The van der Waals surface area contributed by atoms with E-state index >= 15 is 0 Å². The molecule has 1 aromatic rings. The molecule has 0 bridgehead atoms. The second-order valence-corrected chi connectivity index (χ2v) is 4.51. The standard InChI is InChI=1S/C14H21NO3/c1-4-10(2)15-9-11-7-12(16-3)14-13(8-11)17-5-6-18-14/h7-8,10,15H,4-6,9H2,1-3H3. The van der Waals surface area contributed by atoms with Crippen molar-refractivity contribution < 1.29 is 14.2 Å². The predicted molar refractivity (Wildman–Crippen MR) is 70.6 cm³/mol. The number of hydrogen-bond donors (Lipinski definition) is 1. The highest BCUT2D eigenvalue weighted by atomic mass is 16.6. The third kappa shape index (κ3) is 2.88. The third-order valence-corrected chi connectivity index (χ3v) is 3.15. The monoisotopic (exact) mass is 251 g/mol. The summed E-state index contributed by atoms with van der Waals surface area (Å²) in [6.45, 7) is 6.32. The molecule has 0 spiro atoms. The smallest absolute Gasteiger partial charge is 0.203 e. The molecule has 1 unspecified atom stereocenters. The molecule has 1 aliphatic heterocycles. The summed E-state index contributed by atoms with van der Waals surface area (Å²) < 4.78 is 16.5. The largest absolute Gasteiger partial charge is 0.493 e. The maximum Gasteiger partial charge on any atom is 0.203 e. The van der Waals surface area contributed by atoms with E-state index in [2.05, 4.69) is 19.2 Å². The second kappa shape index (κ2) is 5.96. The Morgan fingerprint density at radius 1 is 1.33 bits per heavy atom. The average Bonchev–Trinajstić information content (AvgIpc) is 2.43. The Labute approximate surface area is 108 Å². The van der Waals surface area contributed by atoms with Gasteiger partial charge in [0.1, 0.15) is 13.2 Å². The lowest BCUT2D eigenvalue weighted by molar-refractivity contribution is 0.165. The van der Waals surface area contributed by atoms with Gasteiger partial charge in [0.05, 0.1) is 7.11 Å². The maximum atomic E-state index is 5.61. The summed E-state index contributed by atoms with van der Waals surface area (Å²) in [4.78, 5) is 0. The van der Waals surface area contributed by atoms with Crippen molar-refractivity contribution in [3.05, 3.63) is 17.7 Å². The van der Waals surface area contributed by atoms with E-state index in [1.54, 1.807) is 7.11 Å². The number of ether oxygens (including phenoxy) is 3. The van der Waals surface area contributed by atoms with Gasteiger partial charge < -0.3 is 19.5 Å². The van der Waals surface area contributed by atoms with Gasteiger partial charge in [0.2, 0.25) is 5.75 Å². The first kappa shape index (κ1) is 13.0. The molecule has 0 amide bonds. The summed E-state index contributed by atoms with van der Waals surface area (Å²) in [5.74, 6) is 2.24. The van der Waals surface area contributed by atoms with Crippen LogP contribution in [0.25, 0.3) is 0 Å². The number of benzene rings is 1. The molecule has 1 aliphatic rings. The number of hydrogen-bond acceptors (Lipinski definition) is 4. The van der Waals surface area contributed by atoms with Gasteiger partial charge in [-0.15, -0.1) is 0 Å². The molecule has 18 heavy (non-hydrogen) atoms. The molecule has 0 aromatic heterocycles. The number of methoxy groups -OCH3 is 1. The minimum absolute atomic E-state index is 0.504. The van der Waals surface area contributed by atoms with Crippen molar-refractivity contribution >= 4 is 0 Å². The highest BCUT2D eigenvalue weighted by molar-refractivity contribution is 5.54. The summed E-state index contributed by atoms with van der Waals surface area (Å²) in [5, 5.41) is 3.45. The van der Waals surface area contributed by atoms with Crippen LogP contribution in [-0.4, -0.2) is 26.4 Å². The van der Waals surface area contributed by atoms with E-state index < -0.39 is 0 Å². The summed E-state index contributed by atoms with van der Waals surface area (Å²) in [5.41, 5.74) is 1.15. The Hall–Kier alpha value is -1.42. The first-order valence-corrected chi connectivity index (χ1v) is 6.44. The molecule has 0 saturated carbocycles. The molecule has 4 nitrogen and oxygen atoms in total. The van der Waals surface area contributed by atoms with E-state index in [1.165, 1.54) is 0 Å². The van der Waals surface area contributed by atoms with Crippen molar-refractivity contribution in [1.82, 2.24) is 5.32 Å². The summed E-state index contributed by atoms with van der Waals surface area (Å²) in [7, 11) is 1.65. The lowest BCUT2D eigenvalue weighted by Gasteiger charge is -2.22. The van der Waals surface area contributed by atoms with Gasteiger partial charge in [-0.25, -0.2) is 0 Å². The molecule has 1 heterocycles. The summed E-state index contributed by atoms with van der Waals surface area (Å²) in [6, 6.07) is 4.53. The van der Waals surface area contributed by atoms with E-state index in [4.69, 9.17) is 14.2 Å². The van der Waals surface area contributed by atoms with Gasteiger partial charge in [-0.2, -0.15) is 0 Å². The molecular weight excluding hydrogens is 230 g/mol. The molecule has 100 valence electrons. The van der Waals surface area contributed by atoms with Crippen molar-refractivity contribution in [2.75, 3.05) is 20.3 Å². The van der Waals surface area contributed by atoms with E-state index in [1.807, 2.05) is 12.1 Å². The van der Waals surface area contributed by atoms with Crippen molar-refractivity contribution in [3.8, 4) is 17.2 Å². The van der Waals surface area contributed by atoms with E-state index in [0.717, 1.165) is 35.8 Å². The molecule has 2 rings (SSSR count).